The number of carbonyl (C=O) groups excluding carboxylic acids is 1. The SMILES string of the molecule is Cc1ccc(-c2c(C(=O)N3CCC3)nn3c2OCCC3)c(F)c1F. The third kappa shape index (κ3) is 2.18. The Balaban J connectivity index is 1.91. The van der Waals surface area contributed by atoms with Crippen LogP contribution >= 0.6 is 0 Å². The van der Waals surface area contributed by atoms with Crippen molar-refractivity contribution in [3.05, 3.63) is 35.0 Å². The number of rotatable bonds is 2. The van der Waals surface area contributed by atoms with E-state index in [1.54, 1.807) is 9.58 Å². The van der Waals surface area contributed by atoms with Crippen LogP contribution in [0.1, 0.15) is 28.9 Å². The fourth-order valence-electron chi connectivity index (χ4n) is 3.03. The predicted octanol–water partition coefficient (Wildman–Crippen LogP) is 2.77. The van der Waals surface area contributed by atoms with Crippen LogP contribution in [0.15, 0.2) is 12.1 Å². The number of likely N-dealkylation sites (tertiary alicyclic amines) is 1. The van der Waals surface area contributed by atoms with Crippen molar-refractivity contribution >= 4 is 5.91 Å². The van der Waals surface area contributed by atoms with Crippen LogP contribution in [0.5, 0.6) is 5.88 Å². The molecule has 0 spiro atoms. The lowest BCUT2D eigenvalue weighted by atomic mass is 10.0. The molecule has 0 radical (unpaired) electrons. The van der Waals surface area contributed by atoms with Crippen LogP contribution in [0.25, 0.3) is 11.1 Å². The van der Waals surface area contributed by atoms with Crippen LogP contribution in [-0.4, -0.2) is 40.3 Å². The zero-order valence-electron chi connectivity index (χ0n) is 13.3. The van der Waals surface area contributed by atoms with Crippen molar-refractivity contribution in [2.24, 2.45) is 0 Å². The number of nitrogens with zero attached hydrogens (tertiary/aromatic N) is 3. The van der Waals surface area contributed by atoms with Crippen LogP contribution in [-0.2, 0) is 6.54 Å². The molecule has 7 heteroatoms. The molecule has 4 rings (SSSR count). The molecule has 0 N–H and O–H groups in total. The van der Waals surface area contributed by atoms with Gasteiger partial charge in [-0.15, -0.1) is 0 Å². The van der Waals surface area contributed by atoms with Crippen LogP contribution in [0, 0.1) is 18.6 Å². The minimum Gasteiger partial charge on any atom is -0.477 e. The maximum atomic E-state index is 14.5. The highest BCUT2D eigenvalue weighted by Crippen LogP contribution is 2.38. The molecule has 1 saturated heterocycles. The van der Waals surface area contributed by atoms with Crippen molar-refractivity contribution in [3.63, 3.8) is 0 Å². The molecule has 0 atom stereocenters. The van der Waals surface area contributed by atoms with E-state index in [0.29, 0.717) is 32.1 Å². The molecule has 2 aromatic rings. The molecule has 1 amide bonds. The van der Waals surface area contributed by atoms with Gasteiger partial charge >= 0.3 is 0 Å². The lowest BCUT2D eigenvalue weighted by Crippen LogP contribution is -2.42. The third-order valence-electron chi connectivity index (χ3n) is 4.55. The Kier molecular flexibility index (Phi) is 3.51. The summed E-state index contributed by atoms with van der Waals surface area (Å²) in [6.45, 7) is 3.87. The minimum absolute atomic E-state index is 0.0186. The van der Waals surface area contributed by atoms with Gasteiger partial charge in [0.25, 0.3) is 5.91 Å². The molecule has 1 aromatic heterocycles. The van der Waals surface area contributed by atoms with Gasteiger partial charge in [-0.1, -0.05) is 12.1 Å². The number of hydrogen-bond acceptors (Lipinski definition) is 3. The van der Waals surface area contributed by atoms with E-state index in [2.05, 4.69) is 5.10 Å². The number of carbonyl (C=O) groups is 1. The van der Waals surface area contributed by atoms with E-state index in [4.69, 9.17) is 4.74 Å². The van der Waals surface area contributed by atoms with Gasteiger partial charge in [-0.05, 0) is 18.9 Å². The molecule has 5 nitrogen and oxygen atoms in total. The van der Waals surface area contributed by atoms with Gasteiger partial charge in [0.15, 0.2) is 17.3 Å². The first-order chi connectivity index (χ1) is 11.6. The summed E-state index contributed by atoms with van der Waals surface area (Å²) in [5.74, 6) is -1.81. The summed E-state index contributed by atoms with van der Waals surface area (Å²) >= 11 is 0. The summed E-state index contributed by atoms with van der Waals surface area (Å²) in [4.78, 5) is 14.3. The first kappa shape index (κ1) is 15.1. The number of hydrogen-bond donors (Lipinski definition) is 0. The topological polar surface area (TPSA) is 47.4 Å². The van der Waals surface area contributed by atoms with Gasteiger partial charge < -0.3 is 9.64 Å². The quantitative estimate of drug-likeness (QED) is 0.849. The number of benzene rings is 1. The highest BCUT2D eigenvalue weighted by Gasteiger charge is 2.33. The van der Waals surface area contributed by atoms with Crippen molar-refractivity contribution in [2.45, 2.75) is 26.3 Å². The first-order valence-electron chi connectivity index (χ1n) is 8.06. The fraction of sp³-hybridized carbons (Fsp3) is 0.412. The second kappa shape index (κ2) is 5.58. The largest absolute Gasteiger partial charge is 0.477 e. The lowest BCUT2D eigenvalue weighted by Gasteiger charge is -2.30. The standard InChI is InChI=1S/C17H17F2N3O2/c1-10-4-5-11(14(19)13(10)18)12-15(16(23)21-6-2-7-21)20-22-8-3-9-24-17(12)22/h4-5H,2-3,6-9H2,1H3. The zero-order chi connectivity index (χ0) is 16.8. The summed E-state index contributed by atoms with van der Waals surface area (Å²) < 4.78 is 35.8. The molecular formula is C17H17F2N3O2. The van der Waals surface area contributed by atoms with E-state index in [9.17, 15) is 13.6 Å². The van der Waals surface area contributed by atoms with Crippen LogP contribution < -0.4 is 4.74 Å². The van der Waals surface area contributed by atoms with E-state index in [0.717, 1.165) is 12.8 Å². The van der Waals surface area contributed by atoms with E-state index in [-0.39, 0.29) is 28.3 Å². The number of amides is 1. The maximum absolute atomic E-state index is 14.5. The minimum atomic E-state index is -0.974. The number of ether oxygens (including phenoxy) is 1. The van der Waals surface area contributed by atoms with Crippen LogP contribution in [0.2, 0.25) is 0 Å². The maximum Gasteiger partial charge on any atom is 0.275 e. The van der Waals surface area contributed by atoms with E-state index >= 15 is 0 Å². The zero-order valence-corrected chi connectivity index (χ0v) is 13.3. The number of aromatic nitrogens is 2. The van der Waals surface area contributed by atoms with Gasteiger partial charge in [0.1, 0.15) is 0 Å². The van der Waals surface area contributed by atoms with Gasteiger partial charge in [-0.2, -0.15) is 5.10 Å². The Bertz CT molecular complexity index is 828. The Morgan fingerprint density at radius 3 is 2.67 bits per heavy atom. The van der Waals surface area contributed by atoms with Crippen molar-refractivity contribution in [3.8, 4) is 17.0 Å². The molecule has 0 saturated carbocycles. The summed E-state index contributed by atoms with van der Waals surface area (Å²) in [6.07, 6.45) is 1.70. The van der Waals surface area contributed by atoms with E-state index in [1.807, 2.05) is 0 Å². The molecule has 2 aliphatic rings. The molecule has 1 fully saturated rings. The molecule has 2 aliphatic heterocycles. The molecule has 24 heavy (non-hydrogen) atoms. The molecule has 1 aromatic carbocycles. The Morgan fingerprint density at radius 2 is 1.96 bits per heavy atom. The number of halogens is 2. The Morgan fingerprint density at radius 1 is 1.17 bits per heavy atom. The monoisotopic (exact) mass is 333 g/mol. The smallest absolute Gasteiger partial charge is 0.275 e. The van der Waals surface area contributed by atoms with Crippen LogP contribution in [0.4, 0.5) is 8.78 Å². The third-order valence-corrected chi connectivity index (χ3v) is 4.55. The first-order valence-corrected chi connectivity index (χ1v) is 8.06. The Hall–Kier alpha value is -2.44. The Labute approximate surface area is 137 Å². The molecule has 0 unspecified atom stereocenters. The van der Waals surface area contributed by atoms with Gasteiger partial charge in [0.2, 0.25) is 5.88 Å². The average molecular weight is 333 g/mol. The number of fused-ring (bicyclic) bond motifs is 1. The summed E-state index contributed by atoms with van der Waals surface area (Å²) in [5, 5.41) is 4.33. The summed E-state index contributed by atoms with van der Waals surface area (Å²) in [7, 11) is 0. The van der Waals surface area contributed by atoms with Gasteiger partial charge in [-0.3, -0.25) is 4.79 Å². The van der Waals surface area contributed by atoms with Gasteiger partial charge in [0.05, 0.1) is 12.2 Å². The lowest BCUT2D eigenvalue weighted by molar-refractivity contribution is 0.0645. The molecule has 3 heterocycles. The highest BCUT2D eigenvalue weighted by molar-refractivity contribution is 6.01. The molecule has 0 aliphatic carbocycles. The normalized spacial score (nSPS) is 16.4. The van der Waals surface area contributed by atoms with Crippen LogP contribution in [0.3, 0.4) is 0 Å². The van der Waals surface area contributed by atoms with E-state index in [1.165, 1.54) is 19.1 Å². The average Bonchev–Trinajstić information content (AvgIpc) is 2.91. The van der Waals surface area contributed by atoms with Gasteiger partial charge in [0, 0.05) is 31.6 Å². The summed E-state index contributed by atoms with van der Waals surface area (Å²) in [5.41, 5.74) is 0.621. The van der Waals surface area contributed by atoms with Crippen molar-refractivity contribution in [1.29, 1.82) is 0 Å². The van der Waals surface area contributed by atoms with Gasteiger partial charge in [-0.25, -0.2) is 13.5 Å². The van der Waals surface area contributed by atoms with Crippen molar-refractivity contribution in [2.75, 3.05) is 19.7 Å². The molecular weight excluding hydrogens is 316 g/mol. The van der Waals surface area contributed by atoms with E-state index < -0.39 is 11.6 Å². The summed E-state index contributed by atoms with van der Waals surface area (Å²) in [6, 6.07) is 2.98. The highest BCUT2D eigenvalue weighted by atomic mass is 19.2. The predicted molar refractivity (Wildman–Crippen MR) is 82.9 cm³/mol. The second-order valence-electron chi connectivity index (χ2n) is 6.16. The van der Waals surface area contributed by atoms with Crippen molar-refractivity contribution in [1.82, 2.24) is 14.7 Å². The second-order valence-corrected chi connectivity index (χ2v) is 6.16. The number of aryl methyl sites for hydroxylation is 2. The van der Waals surface area contributed by atoms with Crippen molar-refractivity contribution < 1.29 is 18.3 Å². The fourth-order valence-corrected chi connectivity index (χ4v) is 3.03. The molecule has 126 valence electrons. The molecule has 0 bridgehead atoms.